The molecule has 0 saturated heterocycles. The zero-order chi connectivity index (χ0) is 15.6. The Morgan fingerprint density at radius 3 is 2.14 bits per heavy atom. The molecule has 21 heavy (non-hydrogen) atoms. The maximum atomic E-state index is 12.3. The lowest BCUT2D eigenvalue weighted by molar-refractivity contribution is -0.274. The smallest absolute Gasteiger partial charge is 0.478 e. The third-order valence-corrected chi connectivity index (χ3v) is 2.93. The Labute approximate surface area is 122 Å². The number of carboxylic acids is 1. The topological polar surface area (TPSA) is 46.5 Å². The van der Waals surface area contributed by atoms with Crippen LogP contribution in [-0.4, -0.2) is 17.4 Å². The number of ether oxygens (including phenoxy) is 1. The summed E-state index contributed by atoms with van der Waals surface area (Å²) in [5, 5.41) is 8.62. The van der Waals surface area contributed by atoms with E-state index in [1.165, 1.54) is 36.4 Å². The number of benzene rings is 2. The van der Waals surface area contributed by atoms with Crippen molar-refractivity contribution >= 4 is 17.6 Å². The van der Waals surface area contributed by atoms with Gasteiger partial charge in [-0.25, -0.2) is 4.79 Å². The fraction of sp³-hybridized carbons (Fsp3) is 0.0714. The fourth-order valence-electron chi connectivity index (χ4n) is 1.69. The van der Waals surface area contributed by atoms with Gasteiger partial charge in [-0.1, -0.05) is 29.8 Å². The number of carboxylic acid groups (broad SMARTS) is 1. The van der Waals surface area contributed by atoms with Crippen LogP contribution in [0.5, 0.6) is 5.75 Å². The number of hydrogen-bond donors (Lipinski definition) is 1. The second-order valence-electron chi connectivity index (χ2n) is 4.08. The van der Waals surface area contributed by atoms with Crippen LogP contribution in [0.4, 0.5) is 13.2 Å². The third-order valence-electron chi connectivity index (χ3n) is 2.62. The van der Waals surface area contributed by atoms with Gasteiger partial charge < -0.3 is 9.84 Å². The molecule has 0 aromatic heterocycles. The zero-order valence-corrected chi connectivity index (χ0v) is 11.1. The molecule has 0 aliphatic rings. The van der Waals surface area contributed by atoms with E-state index in [1.54, 1.807) is 0 Å². The lowest BCUT2D eigenvalue weighted by Crippen LogP contribution is -2.17. The van der Waals surface area contributed by atoms with Gasteiger partial charge in [0.1, 0.15) is 5.75 Å². The molecule has 2 aromatic rings. The number of aromatic carboxylic acids is 1. The van der Waals surface area contributed by atoms with Crippen molar-refractivity contribution in [3.05, 3.63) is 53.1 Å². The second kappa shape index (κ2) is 5.65. The summed E-state index contributed by atoms with van der Waals surface area (Å²) < 4.78 is 40.6. The first-order chi connectivity index (χ1) is 9.76. The molecule has 0 atom stereocenters. The van der Waals surface area contributed by atoms with E-state index in [-0.39, 0.29) is 10.6 Å². The Balaban J connectivity index is 2.36. The predicted octanol–water partition coefficient (Wildman–Crippen LogP) is 4.60. The van der Waals surface area contributed by atoms with Crippen molar-refractivity contribution in [1.29, 1.82) is 0 Å². The quantitative estimate of drug-likeness (QED) is 0.900. The number of rotatable bonds is 3. The molecule has 0 aliphatic carbocycles. The predicted molar refractivity (Wildman–Crippen MR) is 70.5 cm³/mol. The lowest BCUT2D eigenvalue weighted by atomic mass is 10.0. The van der Waals surface area contributed by atoms with E-state index in [0.29, 0.717) is 11.1 Å². The Hall–Kier alpha value is -2.21. The zero-order valence-electron chi connectivity index (χ0n) is 10.3. The van der Waals surface area contributed by atoms with Crippen molar-refractivity contribution in [2.75, 3.05) is 0 Å². The first-order valence-electron chi connectivity index (χ1n) is 5.65. The molecule has 0 radical (unpaired) electrons. The van der Waals surface area contributed by atoms with Crippen molar-refractivity contribution in [2.24, 2.45) is 0 Å². The average molecular weight is 317 g/mol. The molecule has 0 fully saturated rings. The monoisotopic (exact) mass is 316 g/mol. The van der Waals surface area contributed by atoms with Crippen molar-refractivity contribution in [3.8, 4) is 16.9 Å². The van der Waals surface area contributed by atoms with Gasteiger partial charge in [-0.15, -0.1) is 13.2 Å². The summed E-state index contributed by atoms with van der Waals surface area (Å²) in [7, 11) is 0. The summed E-state index contributed by atoms with van der Waals surface area (Å²) in [6.45, 7) is 0. The van der Waals surface area contributed by atoms with E-state index in [0.717, 1.165) is 6.07 Å². The molecule has 2 rings (SSSR count). The minimum absolute atomic E-state index is 0.0829. The molecule has 0 aliphatic heterocycles. The molecule has 3 nitrogen and oxygen atoms in total. The summed E-state index contributed by atoms with van der Waals surface area (Å²) in [5.41, 5.74) is 1.05. The van der Waals surface area contributed by atoms with Crippen LogP contribution in [0.25, 0.3) is 11.1 Å². The van der Waals surface area contributed by atoms with Crippen molar-refractivity contribution in [2.45, 2.75) is 6.36 Å². The van der Waals surface area contributed by atoms with Crippen LogP contribution >= 0.6 is 11.6 Å². The Morgan fingerprint density at radius 1 is 1.05 bits per heavy atom. The Morgan fingerprint density at radius 2 is 1.62 bits per heavy atom. The van der Waals surface area contributed by atoms with Crippen LogP contribution in [0, 0.1) is 0 Å². The molecule has 0 bridgehead atoms. The number of alkyl halides is 3. The van der Waals surface area contributed by atoms with E-state index in [2.05, 4.69) is 4.74 Å². The number of hydrogen-bond acceptors (Lipinski definition) is 2. The molecule has 0 saturated carbocycles. The lowest BCUT2D eigenvalue weighted by Gasteiger charge is -2.12. The summed E-state index contributed by atoms with van der Waals surface area (Å²) >= 11 is 5.65. The Bertz CT molecular complexity index is 666. The molecule has 0 amide bonds. The Kier molecular flexibility index (Phi) is 4.09. The number of carbonyl (C=O) groups is 1. The highest BCUT2D eigenvalue weighted by Crippen LogP contribution is 2.34. The SMILES string of the molecule is O=C(O)c1ccc(-c2ccc(Cl)c(OC(F)(F)F)c2)cc1. The molecule has 1 N–H and O–H groups in total. The van der Waals surface area contributed by atoms with E-state index in [1.807, 2.05) is 0 Å². The van der Waals surface area contributed by atoms with Crippen LogP contribution in [0.2, 0.25) is 5.02 Å². The largest absolute Gasteiger partial charge is 0.573 e. The highest BCUT2D eigenvalue weighted by atomic mass is 35.5. The highest BCUT2D eigenvalue weighted by Gasteiger charge is 2.32. The van der Waals surface area contributed by atoms with Crippen molar-refractivity contribution in [1.82, 2.24) is 0 Å². The van der Waals surface area contributed by atoms with Crippen LogP contribution in [-0.2, 0) is 0 Å². The van der Waals surface area contributed by atoms with Crippen LogP contribution in [0.3, 0.4) is 0 Å². The number of halogens is 4. The van der Waals surface area contributed by atoms with E-state index in [9.17, 15) is 18.0 Å². The van der Waals surface area contributed by atoms with Gasteiger partial charge >= 0.3 is 12.3 Å². The molecular weight excluding hydrogens is 309 g/mol. The summed E-state index contributed by atoms with van der Waals surface area (Å²) in [5.74, 6) is -1.59. The normalized spacial score (nSPS) is 11.2. The van der Waals surface area contributed by atoms with Crippen molar-refractivity contribution < 1.29 is 27.8 Å². The fourth-order valence-corrected chi connectivity index (χ4v) is 1.85. The van der Waals surface area contributed by atoms with Gasteiger partial charge in [0.05, 0.1) is 10.6 Å². The van der Waals surface area contributed by atoms with Crippen molar-refractivity contribution in [3.63, 3.8) is 0 Å². The standard InChI is InChI=1S/C14H8ClF3O3/c15-11-6-5-10(7-12(11)21-14(16,17)18)8-1-3-9(4-2-8)13(19)20/h1-7H,(H,19,20). The first kappa shape index (κ1) is 15.2. The van der Waals surface area contributed by atoms with E-state index >= 15 is 0 Å². The maximum absolute atomic E-state index is 12.3. The van der Waals surface area contributed by atoms with Gasteiger partial charge in [0.15, 0.2) is 0 Å². The van der Waals surface area contributed by atoms with Gasteiger partial charge in [-0.05, 0) is 35.4 Å². The third kappa shape index (κ3) is 3.88. The minimum Gasteiger partial charge on any atom is -0.478 e. The van der Waals surface area contributed by atoms with Gasteiger partial charge in [-0.3, -0.25) is 0 Å². The van der Waals surface area contributed by atoms with E-state index < -0.39 is 18.1 Å². The summed E-state index contributed by atoms with van der Waals surface area (Å²) in [6.07, 6.45) is -4.84. The average Bonchev–Trinajstić information content (AvgIpc) is 2.40. The van der Waals surface area contributed by atoms with Gasteiger partial charge in [0.25, 0.3) is 0 Å². The molecular formula is C14H8ClF3O3. The van der Waals surface area contributed by atoms with Gasteiger partial charge in [0.2, 0.25) is 0 Å². The van der Waals surface area contributed by atoms with Gasteiger partial charge in [0, 0.05) is 0 Å². The summed E-state index contributed by atoms with van der Waals surface area (Å²) in [4.78, 5) is 10.7. The first-order valence-corrected chi connectivity index (χ1v) is 6.03. The highest BCUT2D eigenvalue weighted by molar-refractivity contribution is 6.32. The minimum atomic E-state index is -4.84. The molecule has 2 aromatic carbocycles. The molecule has 110 valence electrons. The molecule has 0 heterocycles. The van der Waals surface area contributed by atoms with Crippen LogP contribution in [0.1, 0.15) is 10.4 Å². The van der Waals surface area contributed by atoms with Gasteiger partial charge in [-0.2, -0.15) is 0 Å². The second-order valence-corrected chi connectivity index (χ2v) is 4.48. The van der Waals surface area contributed by atoms with Crippen LogP contribution < -0.4 is 4.74 Å². The molecule has 0 unspecified atom stereocenters. The van der Waals surface area contributed by atoms with E-state index in [4.69, 9.17) is 16.7 Å². The molecule has 0 spiro atoms. The molecule has 7 heteroatoms. The van der Waals surface area contributed by atoms with Crippen LogP contribution in [0.15, 0.2) is 42.5 Å². The maximum Gasteiger partial charge on any atom is 0.573 e. The summed E-state index contributed by atoms with van der Waals surface area (Å²) in [6, 6.07) is 9.64.